The molecule has 1 aliphatic heterocycles. The molecular weight excluding hydrogens is 356 g/mol. The van der Waals surface area contributed by atoms with E-state index in [-0.39, 0.29) is 23.1 Å². The Morgan fingerprint density at radius 2 is 2.04 bits per heavy atom. The number of hydrogen-bond donors (Lipinski definition) is 2. The molecule has 1 saturated heterocycles. The molecule has 2 heterocycles. The van der Waals surface area contributed by atoms with Crippen molar-refractivity contribution in [1.29, 1.82) is 0 Å². The Kier molecular flexibility index (Phi) is 4.82. The molecule has 26 heavy (non-hydrogen) atoms. The van der Waals surface area contributed by atoms with Gasteiger partial charge < -0.3 is 15.3 Å². The molecule has 1 atom stereocenters. The van der Waals surface area contributed by atoms with Gasteiger partial charge in [-0.15, -0.1) is 0 Å². The van der Waals surface area contributed by atoms with Crippen LogP contribution < -0.4 is 10.2 Å². The van der Waals surface area contributed by atoms with E-state index in [0.717, 1.165) is 0 Å². The Morgan fingerprint density at radius 3 is 2.69 bits per heavy atom. The van der Waals surface area contributed by atoms with Gasteiger partial charge in [-0.3, -0.25) is 0 Å². The molecule has 0 saturated carbocycles. The Bertz CT molecular complexity index is 946. The molecule has 2 aromatic rings. The van der Waals surface area contributed by atoms with Crippen LogP contribution in [-0.4, -0.2) is 54.1 Å². The van der Waals surface area contributed by atoms with Crippen LogP contribution in [-0.2, 0) is 9.84 Å². The van der Waals surface area contributed by atoms with E-state index in [1.807, 2.05) is 11.9 Å². The van der Waals surface area contributed by atoms with E-state index in [1.54, 1.807) is 31.2 Å². The lowest BCUT2D eigenvalue weighted by Crippen LogP contribution is -2.33. The average molecular weight is 376 g/mol. The quantitative estimate of drug-likeness (QED) is 0.813. The number of carboxylic acids is 1. The maximum Gasteiger partial charge on any atom is 0.337 e. The molecule has 2 N–H and O–H groups in total. The second-order valence-electron chi connectivity index (χ2n) is 6.30. The van der Waals surface area contributed by atoms with Crippen molar-refractivity contribution >= 4 is 33.1 Å². The van der Waals surface area contributed by atoms with E-state index in [9.17, 15) is 18.3 Å². The third kappa shape index (κ3) is 3.93. The lowest BCUT2D eigenvalue weighted by Gasteiger charge is -2.25. The number of aryl methyl sites for hydroxylation is 1. The first kappa shape index (κ1) is 18.1. The lowest BCUT2D eigenvalue weighted by molar-refractivity contribution is 0.0698. The summed E-state index contributed by atoms with van der Waals surface area (Å²) in [6, 6.07) is 8.12. The van der Waals surface area contributed by atoms with Gasteiger partial charge in [0.2, 0.25) is 0 Å². The smallest absolute Gasteiger partial charge is 0.337 e. The number of carbonyl (C=O) groups is 1. The highest BCUT2D eigenvalue weighted by Gasteiger charge is 2.31. The SMILES string of the molecule is Cc1nc(Nc2ccccc2C(=O)O)cc(N(C)C2CCS(=O)(=O)C2)n1. The second-order valence-corrected chi connectivity index (χ2v) is 8.53. The standard InChI is InChI=1S/C17H20N4O4S/c1-11-18-15(20-14-6-4-3-5-13(14)17(22)23)9-16(19-11)21(2)12-7-8-26(24,25)10-12/h3-6,9,12H,7-8,10H2,1-2H3,(H,22,23)(H,18,19,20). The van der Waals surface area contributed by atoms with Gasteiger partial charge in [-0.2, -0.15) is 0 Å². The largest absolute Gasteiger partial charge is 0.478 e. The highest BCUT2D eigenvalue weighted by Crippen LogP contribution is 2.25. The summed E-state index contributed by atoms with van der Waals surface area (Å²) >= 11 is 0. The first-order valence-electron chi connectivity index (χ1n) is 8.13. The van der Waals surface area contributed by atoms with Crippen LogP contribution in [0.15, 0.2) is 30.3 Å². The van der Waals surface area contributed by atoms with Crippen LogP contribution in [0.4, 0.5) is 17.3 Å². The van der Waals surface area contributed by atoms with Crippen molar-refractivity contribution in [3.05, 3.63) is 41.7 Å². The summed E-state index contributed by atoms with van der Waals surface area (Å²) in [5, 5.41) is 12.3. The molecule has 0 spiro atoms. The molecule has 0 radical (unpaired) electrons. The zero-order chi connectivity index (χ0) is 18.9. The number of hydrogen-bond acceptors (Lipinski definition) is 7. The van der Waals surface area contributed by atoms with E-state index in [1.165, 1.54) is 6.07 Å². The number of aromatic nitrogens is 2. The van der Waals surface area contributed by atoms with Crippen molar-refractivity contribution < 1.29 is 18.3 Å². The van der Waals surface area contributed by atoms with Gasteiger partial charge in [0, 0.05) is 19.2 Å². The maximum atomic E-state index is 11.7. The molecule has 1 unspecified atom stereocenters. The fourth-order valence-electron chi connectivity index (χ4n) is 2.98. The predicted molar refractivity (Wildman–Crippen MR) is 98.9 cm³/mol. The fraction of sp³-hybridized carbons (Fsp3) is 0.353. The first-order valence-corrected chi connectivity index (χ1v) is 9.95. The molecule has 3 rings (SSSR count). The molecule has 1 fully saturated rings. The monoisotopic (exact) mass is 376 g/mol. The fourth-order valence-corrected chi connectivity index (χ4v) is 4.76. The minimum absolute atomic E-state index is 0.108. The summed E-state index contributed by atoms with van der Waals surface area (Å²) < 4.78 is 23.5. The minimum Gasteiger partial charge on any atom is -0.478 e. The zero-order valence-corrected chi connectivity index (χ0v) is 15.3. The second kappa shape index (κ2) is 6.91. The van der Waals surface area contributed by atoms with Crippen molar-refractivity contribution in [1.82, 2.24) is 9.97 Å². The molecule has 1 aromatic heterocycles. The molecule has 0 aliphatic carbocycles. The number of benzene rings is 1. The van der Waals surface area contributed by atoms with Crippen molar-refractivity contribution in [2.45, 2.75) is 19.4 Å². The van der Waals surface area contributed by atoms with Gasteiger partial charge in [0.05, 0.1) is 22.8 Å². The summed E-state index contributed by atoms with van der Waals surface area (Å²) in [5.41, 5.74) is 0.565. The molecular formula is C17H20N4O4S. The number of nitrogens with one attached hydrogen (secondary N) is 1. The molecule has 1 aliphatic rings. The number of aromatic carboxylic acids is 1. The molecule has 8 nitrogen and oxygen atoms in total. The van der Waals surface area contributed by atoms with Crippen LogP contribution in [0.5, 0.6) is 0 Å². The van der Waals surface area contributed by atoms with Gasteiger partial charge in [-0.25, -0.2) is 23.2 Å². The highest BCUT2D eigenvalue weighted by molar-refractivity contribution is 7.91. The van der Waals surface area contributed by atoms with Crippen LogP contribution >= 0.6 is 0 Å². The van der Waals surface area contributed by atoms with Crippen LogP contribution in [0.3, 0.4) is 0 Å². The number of sulfone groups is 1. The van der Waals surface area contributed by atoms with Crippen molar-refractivity contribution in [2.24, 2.45) is 0 Å². The lowest BCUT2D eigenvalue weighted by atomic mass is 10.2. The molecule has 1 aromatic carbocycles. The Hall–Kier alpha value is -2.68. The van der Waals surface area contributed by atoms with E-state index in [2.05, 4.69) is 15.3 Å². The molecule has 0 amide bonds. The Balaban J connectivity index is 1.88. The van der Waals surface area contributed by atoms with E-state index >= 15 is 0 Å². The Morgan fingerprint density at radius 1 is 1.31 bits per heavy atom. The maximum absolute atomic E-state index is 11.7. The van der Waals surface area contributed by atoms with E-state index in [0.29, 0.717) is 29.6 Å². The van der Waals surface area contributed by atoms with Gasteiger partial charge >= 0.3 is 5.97 Å². The van der Waals surface area contributed by atoms with Gasteiger partial charge in [0.15, 0.2) is 9.84 Å². The summed E-state index contributed by atoms with van der Waals surface area (Å²) in [5.74, 6) is 0.807. The normalized spacial score (nSPS) is 18.5. The minimum atomic E-state index is -3.00. The molecule has 0 bridgehead atoms. The first-order chi connectivity index (χ1) is 12.2. The van der Waals surface area contributed by atoms with E-state index in [4.69, 9.17) is 0 Å². The van der Waals surface area contributed by atoms with Crippen LogP contribution in [0.25, 0.3) is 0 Å². The topological polar surface area (TPSA) is 112 Å². The summed E-state index contributed by atoms with van der Waals surface area (Å²) in [4.78, 5) is 21.9. The predicted octanol–water partition coefficient (Wildman–Crippen LogP) is 1.85. The third-order valence-electron chi connectivity index (χ3n) is 4.36. The van der Waals surface area contributed by atoms with Crippen LogP contribution in [0.2, 0.25) is 0 Å². The van der Waals surface area contributed by atoms with Gasteiger partial charge in [0.1, 0.15) is 17.5 Å². The van der Waals surface area contributed by atoms with Crippen molar-refractivity contribution in [3.63, 3.8) is 0 Å². The zero-order valence-electron chi connectivity index (χ0n) is 14.5. The van der Waals surface area contributed by atoms with Crippen LogP contribution in [0.1, 0.15) is 22.6 Å². The number of anilines is 3. The number of para-hydroxylation sites is 1. The highest BCUT2D eigenvalue weighted by atomic mass is 32.2. The Labute approximate surface area is 151 Å². The van der Waals surface area contributed by atoms with E-state index < -0.39 is 15.8 Å². The number of carboxylic acid groups (broad SMARTS) is 1. The number of nitrogens with zero attached hydrogens (tertiary/aromatic N) is 3. The molecule has 138 valence electrons. The van der Waals surface area contributed by atoms with Crippen molar-refractivity contribution in [3.8, 4) is 0 Å². The molecule has 9 heteroatoms. The third-order valence-corrected chi connectivity index (χ3v) is 6.11. The summed E-state index contributed by atoms with van der Waals surface area (Å²) in [6.07, 6.45) is 0.562. The summed E-state index contributed by atoms with van der Waals surface area (Å²) in [7, 11) is -1.19. The average Bonchev–Trinajstić information content (AvgIpc) is 2.94. The van der Waals surface area contributed by atoms with Crippen LogP contribution in [0, 0.1) is 6.92 Å². The number of rotatable bonds is 5. The van der Waals surface area contributed by atoms with Crippen molar-refractivity contribution in [2.75, 3.05) is 28.8 Å². The van der Waals surface area contributed by atoms with Gasteiger partial charge in [-0.1, -0.05) is 12.1 Å². The summed E-state index contributed by atoms with van der Waals surface area (Å²) in [6.45, 7) is 1.73. The van der Waals surface area contributed by atoms with Gasteiger partial charge in [-0.05, 0) is 25.5 Å². The van der Waals surface area contributed by atoms with Gasteiger partial charge in [0.25, 0.3) is 0 Å².